The molecule has 1 amide bonds. The fourth-order valence-electron chi connectivity index (χ4n) is 2.12. The maximum Gasteiger partial charge on any atom is 0.261 e. The number of rotatable bonds is 3. The topological polar surface area (TPSA) is 33.2 Å². The summed E-state index contributed by atoms with van der Waals surface area (Å²) in [6.45, 7) is 2.48. The lowest BCUT2D eigenvalue weighted by atomic mass is 10.2. The molecule has 0 saturated heterocycles. The van der Waals surface area contributed by atoms with Gasteiger partial charge in [-0.2, -0.15) is 0 Å². The van der Waals surface area contributed by atoms with Gasteiger partial charge in [-0.25, -0.2) is 4.98 Å². The molecule has 1 aromatic heterocycles. The van der Waals surface area contributed by atoms with Crippen LogP contribution in [0.2, 0.25) is 5.02 Å². The molecule has 21 heavy (non-hydrogen) atoms. The fraction of sp³-hybridized carbons (Fsp3) is 0.125. The molecule has 3 aromatic rings. The second-order valence-corrected chi connectivity index (χ2v) is 5.91. The van der Waals surface area contributed by atoms with Crippen molar-refractivity contribution in [3.05, 3.63) is 59.1 Å². The van der Waals surface area contributed by atoms with Gasteiger partial charge in [-0.15, -0.1) is 0 Å². The molecular weight excluding hydrogens is 304 g/mol. The molecule has 0 aliphatic rings. The fourth-order valence-corrected chi connectivity index (χ4v) is 3.37. The number of nitrogens with zero attached hydrogens (tertiary/aromatic N) is 2. The lowest BCUT2D eigenvalue weighted by molar-refractivity contribution is 0.0988. The first-order valence-corrected chi connectivity index (χ1v) is 7.82. The van der Waals surface area contributed by atoms with Crippen molar-refractivity contribution < 1.29 is 4.79 Å². The highest BCUT2D eigenvalue weighted by Gasteiger charge is 2.21. The first kappa shape index (κ1) is 14.0. The zero-order valence-electron chi connectivity index (χ0n) is 11.4. The predicted molar refractivity (Wildman–Crippen MR) is 88.4 cm³/mol. The number of anilines is 1. The van der Waals surface area contributed by atoms with Crippen molar-refractivity contribution in [2.24, 2.45) is 0 Å². The third-order valence-electron chi connectivity index (χ3n) is 3.18. The Balaban J connectivity index is 2.01. The molecule has 1 heterocycles. The maximum atomic E-state index is 12.7. The van der Waals surface area contributed by atoms with Crippen LogP contribution in [0, 0.1) is 0 Å². The molecule has 0 bridgehead atoms. The minimum atomic E-state index is -0.123. The molecule has 106 valence electrons. The van der Waals surface area contributed by atoms with E-state index in [0.717, 1.165) is 10.2 Å². The van der Waals surface area contributed by atoms with Crippen molar-refractivity contribution in [2.75, 3.05) is 11.4 Å². The van der Waals surface area contributed by atoms with E-state index in [2.05, 4.69) is 4.98 Å². The summed E-state index contributed by atoms with van der Waals surface area (Å²) in [6.07, 6.45) is 0. The second kappa shape index (κ2) is 5.84. The first-order valence-electron chi connectivity index (χ1n) is 6.62. The number of para-hydroxylation sites is 1. The molecule has 0 atom stereocenters. The van der Waals surface area contributed by atoms with Crippen LogP contribution in [-0.2, 0) is 0 Å². The molecular formula is C16H13ClN2OS. The van der Waals surface area contributed by atoms with Gasteiger partial charge in [0.2, 0.25) is 0 Å². The monoisotopic (exact) mass is 316 g/mol. The Morgan fingerprint density at radius 2 is 1.90 bits per heavy atom. The van der Waals surface area contributed by atoms with Gasteiger partial charge in [-0.3, -0.25) is 9.69 Å². The number of halogens is 1. The number of carbonyl (C=O) groups is 1. The zero-order chi connectivity index (χ0) is 14.8. The van der Waals surface area contributed by atoms with E-state index in [1.54, 1.807) is 17.0 Å². The van der Waals surface area contributed by atoms with Gasteiger partial charge in [0.1, 0.15) is 0 Å². The van der Waals surface area contributed by atoms with Crippen LogP contribution in [-0.4, -0.2) is 17.4 Å². The molecule has 0 unspecified atom stereocenters. The van der Waals surface area contributed by atoms with E-state index >= 15 is 0 Å². The maximum absolute atomic E-state index is 12.7. The summed E-state index contributed by atoms with van der Waals surface area (Å²) in [6, 6.07) is 14.9. The molecule has 0 spiro atoms. The van der Waals surface area contributed by atoms with E-state index in [1.807, 2.05) is 43.3 Å². The normalized spacial score (nSPS) is 10.8. The van der Waals surface area contributed by atoms with Gasteiger partial charge in [0.05, 0.1) is 20.8 Å². The predicted octanol–water partition coefficient (Wildman–Crippen LogP) is 4.62. The molecule has 0 radical (unpaired) electrons. The standard InChI is InChI=1S/C16H13ClN2OS/c1-2-19(15(20)11-7-3-4-8-12(11)17)16-18-13-9-5-6-10-14(13)21-16/h3-10H,2H2,1H3. The molecule has 3 nitrogen and oxygen atoms in total. The van der Waals surface area contributed by atoms with E-state index in [4.69, 9.17) is 11.6 Å². The van der Waals surface area contributed by atoms with Gasteiger partial charge in [0.15, 0.2) is 5.13 Å². The molecule has 0 aliphatic carbocycles. The molecule has 0 saturated carbocycles. The average molecular weight is 317 g/mol. The Kier molecular flexibility index (Phi) is 3.90. The van der Waals surface area contributed by atoms with Crippen LogP contribution in [0.1, 0.15) is 17.3 Å². The molecule has 2 aromatic carbocycles. The van der Waals surface area contributed by atoms with Gasteiger partial charge in [0, 0.05) is 6.54 Å². The van der Waals surface area contributed by atoms with E-state index in [0.29, 0.717) is 22.3 Å². The smallest absolute Gasteiger partial charge is 0.261 e. The Hall–Kier alpha value is -1.91. The van der Waals surface area contributed by atoms with E-state index in [-0.39, 0.29) is 5.91 Å². The number of amides is 1. The Morgan fingerprint density at radius 1 is 1.19 bits per heavy atom. The van der Waals surface area contributed by atoms with Crippen molar-refractivity contribution in [1.82, 2.24) is 4.98 Å². The number of thiazole rings is 1. The van der Waals surface area contributed by atoms with Gasteiger partial charge < -0.3 is 0 Å². The lowest BCUT2D eigenvalue weighted by Gasteiger charge is -2.18. The molecule has 3 rings (SSSR count). The average Bonchev–Trinajstić information content (AvgIpc) is 2.91. The van der Waals surface area contributed by atoms with Gasteiger partial charge in [-0.05, 0) is 31.2 Å². The highest BCUT2D eigenvalue weighted by molar-refractivity contribution is 7.22. The second-order valence-electron chi connectivity index (χ2n) is 4.49. The number of aromatic nitrogens is 1. The summed E-state index contributed by atoms with van der Waals surface area (Å²) in [4.78, 5) is 18.9. The first-order chi connectivity index (χ1) is 10.2. The highest BCUT2D eigenvalue weighted by atomic mass is 35.5. The quantitative estimate of drug-likeness (QED) is 0.706. The third kappa shape index (κ3) is 2.64. The largest absolute Gasteiger partial charge is 0.284 e. The summed E-state index contributed by atoms with van der Waals surface area (Å²) in [7, 11) is 0. The Labute approximate surface area is 131 Å². The highest BCUT2D eigenvalue weighted by Crippen LogP contribution is 2.30. The van der Waals surface area contributed by atoms with E-state index < -0.39 is 0 Å². The van der Waals surface area contributed by atoms with Crippen molar-refractivity contribution >= 4 is 44.2 Å². The van der Waals surface area contributed by atoms with Crippen molar-refractivity contribution in [3.8, 4) is 0 Å². The van der Waals surface area contributed by atoms with Gasteiger partial charge in [0.25, 0.3) is 5.91 Å². The van der Waals surface area contributed by atoms with Crippen LogP contribution in [0.25, 0.3) is 10.2 Å². The molecule has 0 N–H and O–H groups in total. The summed E-state index contributed by atoms with van der Waals surface area (Å²) in [5.74, 6) is -0.123. The van der Waals surface area contributed by atoms with Crippen LogP contribution in [0.3, 0.4) is 0 Å². The summed E-state index contributed by atoms with van der Waals surface area (Å²) in [5, 5.41) is 1.16. The minimum absolute atomic E-state index is 0.123. The van der Waals surface area contributed by atoms with Crippen LogP contribution in [0.15, 0.2) is 48.5 Å². The molecule has 0 fully saturated rings. The Bertz CT molecular complexity index is 767. The van der Waals surface area contributed by atoms with Crippen LogP contribution >= 0.6 is 22.9 Å². The number of benzene rings is 2. The SMILES string of the molecule is CCN(C(=O)c1ccccc1Cl)c1nc2ccccc2s1. The van der Waals surface area contributed by atoms with Crippen molar-refractivity contribution in [2.45, 2.75) is 6.92 Å². The molecule has 5 heteroatoms. The van der Waals surface area contributed by atoms with Crippen molar-refractivity contribution in [3.63, 3.8) is 0 Å². The van der Waals surface area contributed by atoms with Crippen molar-refractivity contribution in [1.29, 1.82) is 0 Å². The van der Waals surface area contributed by atoms with Gasteiger partial charge in [-0.1, -0.05) is 47.2 Å². The summed E-state index contributed by atoms with van der Waals surface area (Å²) >= 11 is 7.63. The van der Waals surface area contributed by atoms with Crippen LogP contribution in [0.5, 0.6) is 0 Å². The molecule has 0 aliphatic heterocycles. The summed E-state index contributed by atoms with van der Waals surface area (Å²) in [5.41, 5.74) is 1.41. The van der Waals surface area contributed by atoms with Crippen LogP contribution < -0.4 is 4.90 Å². The Morgan fingerprint density at radius 3 is 2.62 bits per heavy atom. The van der Waals surface area contributed by atoms with E-state index in [1.165, 1.54) is 11.3 Å². The number of fused-ring (bicyclic) bond motifs is 1. The van der Waals surface area contributed by atoms with E-state index in [9.17, 15) is 4.79 Å². The summed E-state index contributed by atoms with van der Waals surface area (Å²) < 4.78 is 1.07. The van der Waals surface area contributed by atoms with Gasteiger partial charge >= 0.3 is 0 Å². The third-order valence-corrected chi connectivity index (χ3v) is 4.57. The lowest BCUT2D eigenvalue weighted by Crippen LogP contribution is -2.30. The van der Waals surface area contributed by atoms with Crippen LogP contribution in [0.4, 0.5) is 5.13 Å². The zero-order valence-corrected chi connectivity index (χ0v) is 13.0. The number of hydrogen-bond acceptors (Lipinski definition) is 3. The number of hydrogen-bond donors (Lipinski definition) is 0. The number of carbonyl (C=O) groups excluding carboxylic acids is 1. The minimum Gasteiger partial charge on any atom is -0.284 e.